The van der Waals surface area contributed by atoms with Crippen molar-refractivity contribution < 1.29 is 9.90 Å². The monoisotopic (exact) mass is 235 g/mol. The largest absolute Gasteiger partial charge is 0.505 e. The second kappa shape index (κ2) is 5.98. The quantitative estimate of drug-likeness (QED) is 0.618. The van der Waals surface area contributed by atoms with E-state index in [1.807, 2.05) is 6.92 Å². The summed E-state index contributed by atoms with van der Waals surface area (Å²) in [6, 6.07) is 2.96. The van der Waals surface area contributed by atoms with Crippen molar-refractivity contribution in [3.63, 3.8) is 0 Å². The summed E-state index contributed by atoms with van der Waals surface area (Å²) in [5, 5.41) is 13.4. The molecule has 1 heterocycles. The molecule has 0 aliphatic carbocycles. The van der Waals surface area contributed by atoms with Crippen LogP contribution in [0, 0.1) is 5.92 Å². The molecule has 0 saturated heterocycles. The van der Waals surface area contributed by atoms with E-state index >= 15 is 0 Å². The average Bonchev–Trinajstić information content (AvgIpc) is 2.25. The Balaban J connectivity index is 2.65. The molecule has 1 amide bonds. The lowest BCUT2D eigenvalue weighted by atomic mass is 10.1. The van der Waals surface area contributed by atoms with Crippen molar-refractivity contribution >= 4 is 11.6 Å². The lowest BCUT2D eigenvalue weighted by Crippen LogP contribution is -2.20. The minimum Gasteiger partial charge on any atom is -0.505 e. The topological polar surface area (TPSA) is 74.6 Å². The third-order valence-electron chi connectivity index (χ3n) is 2.05. The van der Waals surface area contributed by atoms with Crippen molar-refractivity contribution in [1.82, 2.24) is 10.4 Å². The second-order valence-electron chi connectivity index (χ2n) is 4.26. The first-order chi connectivity index (χ1) is 8.00. The van der Waals surface area contributed by atoms with Gasteiger partial charge in [-0.1, -0.05) is 13.8 Å². The molecule has 92 valence electrons. The van der Waals surface area contributed by atoms with Crippen molar-refractivity contribution in [1.29, 1.82) is 0 Å². The molecule has 5 nitrogen and oxygen atoms in total. The zero-order valence-corrected chi connectivity index (χ0v) is 10.3. The number of hydrogen-bond donors (Lipinski definition) is 2. The summed E-state index contributed by atoms with van der Waals surface area (Å²) in [5.74, 6) is -0.174. The minimum atomic E-state index is -0.508. The van der Waals surface area contributed by atoms with Crippen molar-refractivity contribution in [3.8, 4) is 5.75 Å². The molecule has 0 aromatic carbocycles. The zero-order chi connectivity index (χ0) is 12.8. The number of pyridine rings is 1. The van der Waals surface area contributed by atoms with Crippen molar-refractivity contribution in [2.45, 2.75) is 27.2 Å². The summed E-state index contributed by atoms with van der Waals surface area (Å²) in [7, 11) is 0. The second-order valence-corrected chi connectivity index (χ2v) is 4.26. The summed E-state index contributed by atoms with van der Waals surface area (Å²) in [6.07, 6.45) is 2.26. The Morgan fingerprint density at radius 1 is 1.59 bits per heavy atom. The first-order valence-corrected chi connectivity index (χ1v) is 5.48. The van der Waals surface area contributed by atoms with E-state index in [1.54, 1.807) is 6.07 Å². The predicted molar refractivity (Wildman–Crippen MR) is 65.9 cm³/mol. The molecule has 1 rings (SSSR count). The van der Waals surface area contributed by atoms with Gasteiger partial charge in [-0.05, 0) is 31.4 Å². The van der Waals surface area contributed by atoms with E-state index in [9.17, 15) is 9.90 Å². The molecule has 0 spiro atoms. The number of aromatic nitrogens is 1. The van der Waals surface area contributed by atoms with Gasteiger partial charge in [0.2, 0.25) is 0 Å². The van der Waals surface area contributed by atoms with Crippen LogP contribution in [0.4, 0.5) is 0 Å². The number of carbonyl (C=O) groups excluding carboxylic acids is 1. The first kappa shape index (κ1) is 13.2. The molecule has 17 heavy (non-hydrogen) atoms. The molecule has 0 atom stereocenters. The Hall–Kier alpha value is -1.91. The zero-order valence-electron chi connectivity index (χ0n) is 10.3. The van der Waals surface area contributed by atoms with Crippen molar-refractivity contribution in [2.24, 2.45) is 11.0 Å². The molecule has 0 saturated carbocycles. The van der Waals surface area contributed by atoms with Crippen LogP contribution in [0.5, 0.6) is 5.75 Å². The number of hydrazone groups is 1. The van der Waals surface area contributed by atoms with Gasteiger partial charge in [-0.15, -0.1) is 0 Å². The maximum absolute atomic E-state index is 11.6. The third kappa shape index (κ3) is 4.22. The van der Waals surface area contributed by atoms with Gasteiger partial charge in [0, 0.05) is 11.9 Å². The predicted octanol–water partition coefficient (Wildman–Crippen LogP) is 1.94. The Bertz CT molecular complexity index is 428. The third-order valence-corrected chi connectivity index (χ3v) is 2.05. The molecule has 2 N–H and O–H groups in total. The lowest BCUT2D eigenvalue weighted by Gasteiger charge is -2.05. The van der Waals surface area contributed by atoms with Crippen LogP contribution in [-0.4, -0.2) is 21.7 Å². The van der Waals surface area contributed by atoms with E-state index in [-0.39, 0.29) is 11.4 Å². The highest BCUT2D eigenvalue weighted by Crippen LogP contribution is 2.11. The number of amides is 1. The van der Waals surface area contributed by atoms with E-state index in [0.29, 0.717) is 5.92 Å². The average molecular weight is 235 g/mol. The molecule has 0 aliphatic heterocycles. The number of nitrogens with one attached hydrogen (secondary N) is 1. The fourth-order valence-electron chi connectivity index (χ4n) is 1.41. The summed E-state index contributed by atoms with van der Waals surface area (Å²) in [5.41, 5.74) is 3.19. The van der Waals surface area contributed by atoms with Crippen molar-refractivity contribution in [3.05, 3.63) is 24.0 Å². The standard InChI is InChI=1S/C12H17N3O2/c1-8(2)7-9(3)14-15-12(17)11-10(16)5-4-6-13-11/h4-6,8,16H,7H2,1-3H3,(H,15,17). The summed E-state index contributed by atoms with van der Waals surface area (Å²) < 4.78 is 0. The van der Waals surface area contributed by atoms with Gasteiger partial charge in [0.15, 0.2) is 5.69 Å². The number of rotatable bonds is 4. The maximum Gasteiger partial charge on any atom is 0.293 e. The molecular weight excluding hydrogens is 218 g/mol. The molecule has 5 heteroatoms. The molecule has 1 aromatic rings. The fourth-order valence-corrected chi connectivity index (χ4v) is 1.41. The highest BCUT2D eigenvalue weighted by molar-refractivity contribution is 5.95. The normalized spacial score (nSPS) is 11.6. The summed E-state index contributed by atoms with van der Waals surface area (Å²) in [4.78, 5) is 15.4. The van der Waals surface area contributed by atoms with Crippen LogP contribution < -0.4 is 5.43 Å². The number of hydrogen-bond acceptors (Lipinski definition) is 4. The van der Waals surface area contributed by atoms with Gasteiger partial charge in [-0.2, -0.15) is 5.10 Å². The van der Waals surface area contributed by atoms with Crippen LogP contribution in [0.25, 0.3) is 0 Å². The molecule has 0 fully saturated rings. The maximum atomic E-state index is 11.6. The molecular formula is C12H17N3O2. The van der Waals surface area contributed by atoms with Gasteiger partial charge >= 0.3 is 0 Å². The fraction of sp³-hybridized carbons (Fsp3) is 0.417. The van der Waals surface area contributed by atoms with E-state index in [4.69, 9.17) is 0 Å². The number of nitrogens with zero attached hydrogens (tertiary/aromatic N) is 2. The molecule has 1 aromatic heterocycles. The summed E-state index contributed by atoms with van der Waals surface area (Å²) >= 11 is 0. The lowest BCUT2D eigenvalue weighted by molar-refractivity contribution is 0.0946. The summed E-state index contributed by atoms with van der Waals surface area (Å²) in [6.45, 7) is 6.00. The van der Waals surface area contributed by atoms with Gasteiger partial charge in [0.25, 0.3) is 5.91 Å². The smallest absolute Gasteiger partial charge is 0.293 e. The van der Waals surface area contributed by atoms with E-state index in [0.717, 1.165) is 12.1 Å². The Morgan fingerprint density at radius 2 is 2.29 bits per heavy atom. The molecule has 0 aliphatic rings. The van der Waals surface area contributed by atoms with Crippen molar-refractivity contribution in [2.75, 3.05) is 0 Å². The van der Waals surface area contributed by atoms with E-state index < -0.39 is 5.91 Å². The van der Waals surface area contributed by atoms with Gasteiger partial charge < -0.3 is 5.11 Å². The van der Waals surface area contributed by atoms with E-state index in [2.05, 4.69) is 29.4 Å². The Morgan fingerprint density at radius 3 is 2.88 bits per heavy atom. The Kier molecular flexibility index (Phi) is 4.63. The van der Waals surface area contributed by atoms with Crippen LogP contribution in [-0.2, 0) is 0 Å². The Labute approximate surface area is 101 Å². The van der Waals surface area contributed by atoms with Crippen LogP contribution in [0.15, 0.2) is 23.4 Å². The van der Waals surface area contributed by atoms with Gasteiger partial charge in [0.05, 0.1) is 0 Å². The first-order valence-electron chi connectivity index (χ1n) is 5.48. The highest BCUT2D eigenvalue weighted by Gasteiger charge is 2.11. The van der Waals surface area contributed by atoms with Crippen LogP contribution in [0.2, 0.25) is 0 Å². The molecule has 0 unspecified atom stereocenters. The van der Waals surface area contributed by atoms with Crippen LogP contribution in [0.1, 0.15) is 37.7 Å². The van der Waals surface area contributed by atoms with Gasteiger partial charge in [-0.3, -0.25) is 4.79 Å². The van der Waals surface area contributed by atoms with Gasteiger partial charge in [0.1, 0.15) is 5.75 Å². The molecule has 0 bridgehead atoms. The highest BCUT2D eigenvalue weighted by atomic mass is 16.3. The number of aromatic hydroxyl groups is 1. The minimum absolute atomic E-state index is 0.0198. The van der Waals surface area contributed by atoms with E-state index in [1.165, 1.54) is 12.3 Å². The molecule has 0 radical (unpaired) electrons. The van der Waals surface area contributed by atoms with Crippen LogP contribution in [0.3, 0.4) is 0 Å². The number of carbonyl (C=O) groups is 1. The van der Waals surface area contributed by atoms with Gasteiger partial charge in [-0.25, -0.2) is 10.4 Å². The SMILES string of the molecule is CC(CC(C)C)=NNC(=O)c1ncccc1O. The van der Waals surface area contributed by atoms with Crippen LogP contribution >= 0.6 is 0 Å².